The second-order valence-corrected chi connectivity index (χ2v) is 17.8. The first-order chi connectivity index (χ1) is 12.7. The largest absolute Gasteiger partial charge is 0.212 e. The number of hydrogen-bond acceptors (Lipinski definition) is 0. The van der Waals surface area contributed by atoms with Crippen LogP contribution in [0.3, 0.4) is 0 Å². The number of hydrogen-bond donors (Lipinski definition) is 0. The van der Waals surface area contributed by atoms with Crippen molar-refractivity contribution in [2.75, 3.05) is 0 Å². The lowest BCUT2D eigenvalue weighted by molar-refractivity contribution is -0.660. The van der Waals surface area contributed by atoms with Crippen LogP contribution in [0.4, 0.5) is 0 Å². The van der Waals surface area contributed by atoms with Gasteiger partial charge in [-0.25, -0.2) is 4.57 Å². The van der Waals surface area contributed by atoms with E-state index < -0.39 is 16.1 Å². The normalized spacial score (nSPS) is 16.6. The highest BCUT2D eigenvalue weighted by Crippen LogP contribution is 2.25. The van der Waals surface area contributed by atoms with Crippen LogP contribution in [0.1, 0.15) is 11.1 Å². The second kappa shape index (κ2) is 6.01. The third kappa shape index (κ3) is 2.59. The van der Waals surface area contributed by atoms with E-state index in [0.29, 0.717) is 0 Å². The number of benzene rings is 2. The molecule has 138 valence electrons. The van der Waals surface area contributed by atoms with Crippen molar-refractivity contribution < 1.29 is 4.57 Å². The fourth-order valence-electron chi connectivity index (χ4n) is 5.07. The van der Waals surface area contributed by atoms with E-state index in [1.807, 2.05) is 0 Å². The van der Waals surface area contributed by atoms with Gasteiger partial charge in [-0.05, 0) is 30.7 Å². The van der Waals surface area contributed by atoms with Gasteiger partial charge in [0.2, 0.25) is 5.69 Å². The van der Waals surface area contributed by atoms with E-state index in [1.54, 1.807) is 20.7 Å². The SMILES string of the molecule is Cc1ccc(-c2c(C)ccc3c2[Si](C)(C)c2ccccc2[Si]3(C)C)[n+](C)c1. The monoisotopic (exact) mass is 388 g/mol. The van der Waals surface area contributed by atoms with Crippen molar-refractivity contribution in [1.82, 2.24) is 0 Å². The zero-order valence-electron chi connectivity index (χ0n) is 17.6. The van der Waals surface area contributed by atoms with Crippen LogP contribution in [0.2, 0.25) is 26.2 Å². The lowest BCUT2D eigenvalue weighted by atomic mass is 10.0. The molecule has 1 aromatic heterocycles. The highest BCUT2D eigenvalue weighted by Gasteiger charge is 2.46. The van der Waals surface area contributed by atoms with Gasteiger partial charge in [0.25, 0.3) is 0 Å². The molecule has 0 radical (unpaired) electrons. The quantitative estimate of drug-likeness (QED) is 0.446. The third-order valence-corrected chi connectivity index (χ3v) is 14.1. The Labute approximate surface area is 165 Å². The average molecular weight is 389 g/mol. The molecule has 1 aliphatic heterocycles. The molecule has 1 nitrogen and oxygen atoms in total. The van der Waals surface area contributed by atoms with Crippen LogP contribution < -0.4 is 25.3 Å². The van der Waals surface area contributed by atoms with Crippen molar-refractivity contribution in [2.45, 2.75) is 40.0 Å². The van der Waals surface area contributed by atoms with Crippen molar-refractivity contribution in [3.05, 3.63) is 65.9 Å². The molecule has 1 aliphatic rings. The van der Waals surface area contributed by atoms with Crippen LogP contribution >= 0.6 is 0 Å². The Morgan fingerprint density at radius 2 is 1.33 bits per heavy atom. The van der Waals surface area contributed by atoms with Gasteiger partial charge in [-0.15, -0.1) is 0 Å². The van der Waals surface area contributed by atoms with Gasteiger partial charge in [0, 0.05) is 17.2 Å². The summed E-state index contributed by atoms with van der Waals surface area (Å²) in [5.41, 5.74) is 5.54. The Kier molecular flexibility index (Phi) is 4.09. The topological polar surface area (TPSA) is 3.88 Å². The molecule has 0 atom stereocenters. The van der Waals surface area contributed by atoms with Gasteiger partial charge in [0.05, 0.1) is 0 Å². The maximum absolute atomic E-state index is 2.55. The number of aromatic nitrogens is 1. The van der Waals surface area contributed by atoms with E-state index in [4.69, 9.17) is 0 Å². The summed E-state index contributed by atoms with van der Waals surface area (Å²) in [4.78, 5) is 0. The molecule has 3 aromatic rings. The first-order valence-electron chi connectivity index (χ1n) is 9.87. The van der Waals surface area contributed by atoms with Gasteiger partial charge >= 0.3 is 0 Å². The summed E-state index contributed by atoms with van der Waals surface area (Å²) in [6.07, 6.45) is 2.25. The van der Waals surface area contributed by atoms with Crippen LogP contribution in [0, 0.1) is 13.8 Å². The van der Waals surface area contributed by atoms with Crippen LogP contribution in [-0.4, -0.2) is 16.1 Å². The minimum atomic E-state index is -1.79. The molecule has 4 rings (SSSR count). The van der Waals surface area contributed by atoms with Crippen LogP contribution in [0.5, 0.6) is 0 Å². The lowest BCUT2D eigenvalue weighted by Crippen LogP contribution is -2.78. The summed E-state index contributed by atoms with van der Waals surface area (Å²) in [5.74, 6) is 0. The van der Waals surface area contributed by atoms with Gasteiger partial charge in [0.1, 0.15) is 23.2 Å². The van der Waals surface area contributed by atoms with Crippen molar-refractivity contribution in [3.8, 4) is 11.3 Å². The van der Waals surface area contributed by atoms with Crippen molar-refractivity contribution in [1.29, 1.82) is 0 Å². The summed E-state index contributed by atoms with van der Waals surface area (Å²) in [5, 5.41) is 6.63. The fraction of sp³-hybridized carbons (Fsp3) is 0.292. The molecule has 0 unspecified atom stereocenters. The summed E-state index contributed by atoms with van der Waals surface area (Å²) in [6.45, 7) is 14.6. The van der Waals surface area contributed by atoms with E-state index in [-0.39, 0.29) is 0 Å². The lowest BCUT2D eigenvalue weighted by Gasteiger charge is -2.43. The maximum Gasteiger partial charge on any atom is 0.212 e. The van der Waals surface area contributed by atoms with Crippen LogP contribution in [-0.2, 0) is 7.05 Å². The molecule has 27 heavy (non-hydrogen) atoms. The smallest absolute Gasteiger partial charge is 0.201 e. The molecule has 0 saturated carbocycles. The third-order valence-electron chi connectivity index (χ3n) is 6.52. The zero-order chi connectivity index (χ0) is 19.6. The highest BCUT2D eigenvalue weighted by molar-refractivity contribution is 7.16. The zero-order valence-corrected chi connectivity index (χ0v) is 19.6. The number of fused-ring (bicyclic) bond motifs is 2. The van der Waals surface area contributed by atoms with Gasteiger partial charge in [-0.2, -0.15) is 0 Å². The molecule has 0 spiro atoms. The molecular weight excluding hydrogens is 358 g/mol. The summed E-state index contributed by atoms with van der Waals surface area (Å²) in [6, 6.07) is 18.7. The Bertz CT molecular complexity index is 1060. The standard InChI is InChI=1S/C24H30NSi2/c1-17-12-14-19(25(3)16-17)23-18(2)13-15-22-24(23)27(6,7)21-11-9-8-10-20(21)26(22,4)5/h8-16H,1-7H3/q+1. The molecule has 0 N–H and O–H groups in total. The second-order valence-electron chi connectivity index (χ2n) is 9.18. The number of rotatable bonds is 1. The Morgan fingerprint density at radius 1 is 0.704 bits per heavy atom. The number of nitrogens with zero attached hydrogens (tertiary/aromatic N) is 1. The molecular formula is C24H30NSi2+. The molecule has 0 amide bonds. The van der Waals surface area contributed by atoms with E-state index in [9.17, 15) is 0 Å². The highest BCUT2D eigenvalue weighted by atomic mass is 28.3. The summed E-state index contributed by atoms with van der Waals surface area (Å²) >= 11 is 0. The van der Waals surface area contributed by atoms with Crippen molar-refractivity contribution in [3.63, 3.8) is 0 Å². The number of pyridine rings is 1. The Balaban J connectivity index is 2.13. The van der Waals surface area contributed by atoms with E-state index in [1.165, 1.54) is 22.4 Å². The first kappa shape index (κ1) is 18.4. The van der Waals surface area contributed by atoms with Crippen LogP contribution in [0.15, 0.2) is 54.7 Å². The molecule has 0 aliphatic carbocycles. The van der Waals surface area contributed by atoms with Gasteiger partial charge in [-0.1, -0.05) is 78.1 Å². The minimum Gasteiger partial charge on any atom is -0.201 e. The van der Waals surface area contributed by atoms with E-state index in [0.717, 1.165) is 0 Å². The summed E-state index contributed by atoms with van der Waals surface area (Å²) < 4.78 is 2.32. The molecule has 0 saturated heterocycles. The molecule has 3 heteroatoms. The Hall–Kier alpha value is -1.98. The molecule has 0 fully saturated rings. The molecule has 2 aromatic carbocycles. The van der Waals surface area contributed by atoms with Gasteiger partial charge in [-0.3, -0.25) is 0 Å². The first-order valence-corrected chi connectivity index (χ1v) is 15.9. The maximum atomic E-state index is 2.55. The molecule has 0 bridgehead atoms. The fourth-order valence-corrected chi connectivity index (χ4v) is 14.9. The van der Waals surface area contributed by atoms with E-state index >= 15 is 0 Å². The van der Waals surface area contributed by atoms with E-state index in [2.05, 4.69) is 106 Å². The predicted octanol–water partition coefficient (Wildman–Crippen LogP) is 2.75. The Morgan fingerprint density at radius 3 is 1.96 bits per heavy atom. The average Bonchev–Trinajstić information content (AvgIpc) is 2.61. The molecule has 2 heterocycles. The minimum absolute atomic E-state index is 1.31. The summed E-state index contributed by atoms with van der Waals surface area (Å²) in [7, 11) is -1.32. The van der Waals surface area contributed by atoms with Gasteiger partial charge in [0.15, 0.2) is 6.20 Å². The van der Waals surface area contributed by atoms with Gasteiger partial charge < -0.3 is 0 Å². The van der Waals surface area contributed by atoms with Crippen LogP contribution in [0.25, 0.3) is 11.3 Å². The van der Waals surface area contributed by atoms with Crippen molar-refractivity contribution in [2.24, 2.45) is 7.05 Å². The number of aryl methyl sites for hydroxylation is 3. The predicted molar refractivity (Wildman–Crippen MR) is 122 cm³/mol. The van der Waals surface area contributed by atoms with Crippen molar-refractivity contribution >= 4 is 36.9 Å².